The average Bonchev–Trinajstić information content (AvgIpc) is 2.82. The van der Waals surface area contributed by atoms with E-state index in [1.165, 1.54) is 11.1 Å². The van der Waals surface area contributed by atoms with Gasteiger partial charge in [0.15, 0.2) is 0 Å². The second-order valence-corrected chi connectivity index (χ2v) is 5.94. The SMILES string of the molecule is Cc1ccc(O)c2c1C(C)CC2NCCc1ccccn1. The number of hydrogen-bond acceptors (Lipinski definition) is 3. The fourth-order valence-electron chi connectivity index (χ4n) is 3.45. The predicted octanol–water partition coefficient (Wildman–Crippen LogP) is 3.48. The van der Waals surface area contributed by atoms with Gasteiger partial charge in [0.25, 0.3) is 0 Å². The standard InChI is InChI=1S/C18H22N2O/c1-12-6-7-16(21)18-15(11-13(2)17(12)18)20-10-8-14-5-3-4-9-19-14/h3-7,9,13,15,20-21H,8,10-11H2,1-2H3. The average molecular weight is 282 g/mol. The number of fused-ring (bicyclic) bond motifs is 1. The molecule has 110 valence electrons. The Labute approximate surface area is 126 Å². The Bertz CT molecular complexity index is 625. The number of nitrogens with one attached hydrogen (secondary N) is 1. The summed E-state index contributed by atoms with van der Waals surface area (Å²) in [5, 5.41) is 13.8. The highest BCUT2D eigenvalue weighted by atomic mass is 16.3. The molecule has 0 fully saturated rings. The second kappa shape index (κ2) is 5.86. The Kier molecular flexibility index (Phi) is 3.93. The molecule has 21 heavy (non-hydrogen) atoms. The number of phenolic OH excluding ortho intramolecular Hbond substituents is 1. The lowest BCUT2D eigenvalue weighted by Crippen LogP contribution is -2.22. The zero-order valence-electron chi connectivity index (χ0n) is 12.6. The van der Waals surface area contributed by atoms with E-state index in [0.717, 1.165) is 30.6 Å². The smallest absolute Gasteiger partial charge is 0.120 e. The molecule has 1 aromatic carbocycles. The number of benzene rings is 1. The Hall–Kier alpha value is -1.87. The molecule has 1 aliphatic rings. The molecule has 0 saturated carbocycles. The van der Waals surface area contributed by atoms with Crippen molar-refractivity contribution in [1.82, 2.24) is 10.3 Å². The minimum Gasteiger partial charge on any atom is -0.508 e. The fraction of sp³-hybridized carbons (Fsp3) is 0.389. The van der Waals surface area contributed by atoms with Gasteiger partial charge < -0.3 is 10.4 Å². The summed E-state index contributed by atoms with van der Waals surface area (Å²) in [6.45, 7) is 5.25. The molecular weight excluding hydrogens is 260 g/mol. The highest BCUT2D eigenvalue weighted by Crippen LogP contribution is 2.45. The molecule has 2 unspecified atom stereocenters. The van der Waals surface area contributed by atoms with Crippen LogP contribution in [0.15, 0.2) is 36.5 Å². The van der Waals surface area contributed by atoms with Gasteiger partial charge in [-0.2, -0.15) is 0 Å². The Morgan fingerprint density at radius 2 is 2.10 bits per heavy atom. The molecule has 0 bridgehead atoms. The zero-order chi connectivity index (χ0) is 14.8. The van der Waals surface area contributed by atoms with Crippen LogP contribution in [0.5, 0.6) is 5.75 Å². The van der Waals surface area contributed by atoms with Crippen LogP contribution in [0.4, 0.5) is 0 Å². The number of hydrogen-bond donors (Lipinski definition) is 2. The summed E-state index contributed by atoms with van der Waals surface area (Å²) in [5.74, 6) is 0.926. The molecule has 0 amide bonds. The van der Waals surface area contributed by atoms with E-state index in [4.69, 9.17) is 0 Å². The lowest BCUT2D eigenvalue weighted by atomic mass is 9.97. The maximum absolute atomic E-state index is 10.2. The van der Waals surface area contributed by atoms with Crippen LogP contribution in [0.2, 0.25) is 0 Å². The molecule has 3 heteroatoms. The van der Waals surface area contributed by atoms with Crippen LogP contribution in [0.1, 0.15) is 47.7 Å². The van der Waals surface area contributed by atoms with Crippen LogP contribution >= 0.6 is 0 Å². The minimum atomic E-state index is 0.249. The van der Waals surface area contributed by atoms with E-state index in [9.17, 15) is 5.11 Å². The monoisotopic (exact) mass is 282 g/mol. The molecule has 3 rings (SSSR count). The van der Waals surface area contributed by atoms with Crippen LogP contribution in [-0.2, 0) is 6.42 Å². The molecule has 1 aliphatic carbocycles. The number of rotatable bonds is 4. The van der Waals surface area contributed by atoms with Crippen molar-refractivity contribution in [2.45, 2.75) is 38.6 Å². The van der Waals surface area contributed by atoms with Crippen LogP contribution in [-0.4, -0.2) is 16.6 Å². The molecule has 2 atom stereocenters. The lowest BCUT2D eigenvalue weighted by Gasteiger charge is -2.15. The molecule has 1 aromatic heterocycles. The maximum Gasteiger partial charge on any atom is 0.120 e. The van der Waals surface area contributed by atoms with Crippen molar-refractivity contribution in [3.05, 3.63) is 58.9 Å². The van der Waals surface area contributed by atoms with Gasteiger partial charge in [0.05, 0.1) is 0 Å². The number of aromatic nitrogens is 1. The van der Waals surface area contributed by atoms with E-state index in [1.54, 1.807) is 0 Å². The Morgan fingerprint density at radius 3 is 2.86 bits per heavy atom. The highest BCUT2D eigenvalue weighted by Gasteiger charge is 2.31. The third-order valence-corrected chi connectivity index (χ3v) is 4.41. The molecule has 0 radical (unpaired) electrons. The van der Waals surface area contributed by atoms with Crippen molar-refractivity contribution in [3.63, 3.8) is 0 Å². The van der Waals surface area contributed by atoms with Gasteiger partial charge in [-0.1, -0.05) is 19.1 Å². The second-order valence-electron chi connectivity index (χ2n) is 5.94. The summed E-state index contributed by atoms with van der Waals surface area (Å²) in [5.41, 5.74) is 4.81. The van der Waals surface area contributed by atoms with Gasteiger partial charge in [-0.05, 0) is 48.6 Å². The fourth-order valence-corrected chi connectivity index (χ4v) is 3.45. The van der Waals surface area contributed by atoms with Crippen molar-refractivity contribution in [3.8, 4) is 5.75 Å². The van der Waals surface area contributed by atoms with Crippen LogP contribution in [0, 0.1) is 6.92 Å². The van der Waals surface area contributed by atoms with Gasteiger partial charge in [-0.3, -0.25) is 4.98 Å². The normalized spacial score (nSPS) is 20.5. The summed E-state index contributed by atoms with van der Waals surface area (Å²) in [4.78, 5) is 4.34. The minimum absolute atomic E-state index is 0.249. The van der Waals surface area contributed by atoms with Crippen LogP contribution in [0.25, 0.3) is 0 Å². The van der Waals surface area contributed by atoms with Crippen LogP contribution in [0.3, 0.4) is 0 Å². The van der Waals surface area contributed by atoms with Crippen molar-refractivity contribution in [1.29, 1.82) is 0 Å². The molecular formula is C18H22N2O. The molecule has 0 aliphatic heterocycles. The van der Waals surface area contributed by atoms with Gasteiger partial charge in [0.2, 0.25) is 0 Å². The van der Waals surface area contributed by atoms with E-state index in [1.807, 2.05) is 30.5 Å². The van der Waals surface area contributed by atoms with Gasteiger partial charge >= 0.3 is 0 Å². The van der Waals surface area contributed by atoms with Gasteiger partial charge in [-0.15, -0.1) is 0 Å². The lowest BCUT2D eigenvalue weighted by molar-refractivity contribution is 0.446. The van der Waals surface area contributed by atoms with Crippen molar-refractivity contribution in [2.75, 3.05) is 6.54 Å². The molecule has 0 spiro atoms. The summed E-state index contributed by atoms with van der Waals surface area (Å²) in [7, 11) is 0. The van der Waals surface area contributed by atoms with Crippen LogP contribution < -0.4 is 5.32 Å². The number of aromatic hydroxyl groups is 1. The van der Waals surface area contributed by atoms with E-state index in [-0.39, 0.29) is 6.04 Å². The number of nitrogens with zero attached hydrogens (tertiary/aromatic N) is 1. The summed E-state index contributed by atoms with van der Waals surface area (Å²) < 4.78 is 0. The zero-order valence-corrected chi connectivity index (χ0v) is 12.6. The highest BCUT2D eigenvalue weighted by molar-refractivity contribution is 5.50. The van der Waals surface area contributed by atoms with Gasteiger partial charge in [0, 0.05) is 36.5 Å². The largest absolute Gasteiger partial charge is 0.508 e. The maximum atomic E-state index is 10.2. The molecule has 3 nitrogen and oxygen atoms in total. The summed E-state index contributed by atoms with van der Waals surface area (Å²) in [6, 6.07) is 10.1. The third-order valence-electron chi connectivity index (χ3n) is 4.41. The first-order chi connectivity index (χ1) is 10.2. The van der Waals surface area contributed by atoms with Crippen molar-refractivity contribution in [2.24, 2.45) is 0 Å². The predicted molar refractivity (Wildman–Crippen MR) is 84.6 cm³/mol. The van der Waals surface area contributed by atoms with Gasteiger partial charge in [0.1, 0.15) is 5.75 Å². The van der Waals surface area contributed by atoms with E-state index in [0.29, 0.717) is 11.7 Å². The first-order valence-corrected chi connectivity index (χ1v) is 7.62. The molecule has 1 heterocycles. The quantitative estimate of drug-likeness (QED) is 0.902. The number of phenols is 1. The summed E-state index contributed by atoms with van der Waals surface area (Å²) in [6.07, 6.45) is 3.79. The third kappa shape index (κ3) is 2.79. The van der Waals surface area contributed by atoms with E-state index in [2.05, 4.69) is 30.2 Å². The molecule has 2 N–H and O–H groups in total. The van der Waals surface area contributed by atoms with Crippen molar-refractivity contribution < 1.29 is 5.11 Å². The first-order valence-electron chi connectivity index (χ1n) is 7.62. The Balaban J connectivity index is 1.70. The van der Waals surface area contributed by atoms with Gasteiger partial charge in [-0.25, -0.2) is 0 Å². The Morgan fingerprint density at radius 1 is 1.24 bits per heavy atom. The molecule has 2 aromatic rings. The van der Waals surface area contributed by atoms with E-state index < -0.39 is 0 Å². The molecule has 0 saturated heterocycles. The summed E-state index contributed by atoms with van der Waals surface area (Å²) >= 11 is 0. The number of aryl methyl sites for hydroxylation is 1. The first kappa shape index (κ1) is 14.1. The van der Waals surface area contributed by atoms with E-state index >= 15 is 0 Å². The topological polar surface area (TPSA) is 45.1 Å². The number of pyridine rings is 1. The van der Waals surface area contributed by atoms with Crippen molar-refractivity contribution >= 4 is 0 Å².